The average Bonchev–Trinajstić information content (AvgIpc) is 3.24. The van der Waals surface area contributed by atoms with Gasteiger partial charge in [0.1, 0.15) is 0 Å². The van der Waals surface area contributed by atoms with Crippen molar-refractivity contribution in [1.29, 1.82) is 0 Å². The third kappa shape index (κ3) is 4.59. The highest BCUT2D eigenvalue weighted by atomic mass is 28.4. The van der Waals surface area contributed by atoms with E-state index < -0.39 is 8.32 Å². The largest absolute Gasteiger partial charge is 0.519 e. The Morgan fingerprint density at radius 2 is 1.56 bits per heavy atom. The summed E-state index contributed by atoms with van der Waals surface area (Å²) in [6, 6.07) is 3.54. The Kier molecular flexibility index (Phi) is 7.79. The first-order valence-electron chi connectivity index (χ1n) is 11.0. The van der Waals surface area contributed by atoms with Crippen LogP contribution in [0.4, 0.5) is 0 Å². The van der Waals surface area contributed by atoms with Crippen LogP contribution in [0.1, 0.15) is 85.5 Å². The van der Waals surface area contributed by atoms with Crippen LogP contribution in [0.3, 0.4) is 0 Å². The van der Waals surface area contributed by atoms with Crippen molar-refractivity contribution < 1.29 is 9.22 Å². The van der Waals surface area contributed by atoms with Gasteiger partial charge in [-0.2, -0.15) is 0 Å². The van der Waals surface area contributed by atoms with Crippen LogP contribution < -0.4 is 0 Å². The van der Waals surface area contributed by atoms with Crippen molar-refractivity contribution in [2.24, 2.45) is 17.3 Å². The van der Waals surface area contributed by atoms with Crippen molar-refractivity contribution in [1.82, 2.24) is 0 Å². The Morgan fingerprint density at radius 3 is 1.92 bits per heavy atom. The fraction of sp³-hybridized carbons (Fsp3) is 0.864. The lowest BCUT2D eigenvalue weighted by Gasteiger charge is -2.39. The van der Waals surface area contributed by atoms with Crippen LogP contribution >= 0.6 is 0 Å². The summed E-state index contributed by atoms with van der Waals surface area (Å²) in [5, 5.41) is 0. The molecule has 0 aromatic rings. The third-order valence-electron chi connectivity index (χ3n) is 6.81. The fourth-order valence-electron chi connectivity index (χ4n) is 5.06. The van der Waals surface area contributed by atoms with E-state index in [4.69, 9.17) is 4.43 Å². The van der Waals surface area contributed by atoms with Gasteiger partial charge < -0.3 is 4.43 Å². The normalized spacial score (nSPS) is 27.8. The molecule has 2 aliphatic rings. The predicted molar refractivity (Wildman–Crippen MR) is 109 cm³/mol. The molecule has 1 saturated carbocycles. The van der Waals surface area contributed by atoms with Gasteiger partial charge in [-0.1, -0.05) is 78.4 Å². The van der Waals surface area contributed by atoms with Gasteiger partial charge >= 0.3 is 0 Å². The molecule has 0 spiro atoms. The number of fused-ring (bicyclic) bond motifs is 2. The predicted octanol–water partition coefficient (Wildman–Crippen LogP) is 6.87. The Labute approximate surface area is 156 Å². The van der Waals surface area contributed by atoms with Crippen LogP contribution in [0.15, 0.2) is 12.2 Å². The molecule has 3 atom stereocenters. The van der Waals surface area contributed by atoms with Gasteiger partial charge in [0.25, 0.3) is 14.3 Å². The molecule has 2 rings (SSSR count). The third-order valence-corrected chi connectivity index (χ3v) is 11.2. The van der Waals surface area contributed by atoms with Crippen molar-refractivity contribution >= 4 is 14.3 Å². The fourth-order valence-corrected chi connectivity index (χ4v) is 9.71. The minimum atomic E-state index is -1.95. The summed E-state index contributed by atoms with van der Waals surface area (Å²) >= 11 is 0. The molecule has 3 heteroatoms. The maximum absolute atomic E-state index is 13.5. The summed E-state index contributed by atoms with van der Waals surface area (Å²) < 4.78 is 6.64. The maximum atomic E-state index is 13.5. The molecule has 0 aromatic heterocycles. The molecule has 0 saturated heterocycles. The van der Waals surface area contributed by atoms with Crippen molar-refractivity contribution in [3.05, 3.63) is 12.2 Å². The SMILES string of the molecule is CCCC[Si](CCCC)(CCCC)OC(=O)C1(CC)CC2C=CC1C2. The number of allylic oxidation sites excluding steroid dienone is 2. The van der Waals surface area contributed by atoms with Gasteiger partial charge in [0.05, 0.1) is 5.41 Å². The van der Waals surface area contributed by atoms with E-state index in [2.05, 4.69) is 39.8 Å². The number of hydrogen-bond donors (Lipinski definition) is 0. The maximum Gasteiger partial charge on any atom is 0.299 e. The number of rotatable bonds is 12. The minimum absolute atomic E-state index is 0.182. The van der Waals surface area contributed by atoms with Gasteiger partial charge in [0, 0.05) is 0 Å². The topological polar surface area (TPSA) is 26.3 Å². The van der Waals surface area contributed by atoms with E-state index >= 15 is 0 Å². The second kappa shape index (κ2) is 9.39. The van der Waals surface area contributed by atoms with Crippen LogP contribution in [0, 0.1) is 17.3 Å². The lowest BCUT2D eigenvalue weighted by Crippen LogP contribution is -2.46. The molecule has 0 amide bonds. The number of carbonyl (C=O) groups is 1. The van der Waals surface area contributed by atoms with Crippen LogP contribution in [-0.2, 0) is 9.22 Å². The zero-order valence-electron chi connectivity index (χ0n) is 17.1. The molecule has 0 heterocycles. The summed E-state index contributed by atoms with van der Waals surface area (Å²) in [6.07, 6.45) is 15.1. The summed E-state index contributed by atoms with van der Waals surface area (Å²) in [5.74, 6) is 1.24. The van der Waals surface area contributed by atoms with E-state index in [1.54, 1.807) is 0 Å². The molecule has 144 valence electrons. The molecular weight excluding hydrogens is 324 g/mol. The highest BCUT2D eigenvalue weighted by Crippen LogP contribution is 2.55. The first-order valence-corrected chi connectivity index (χ1v) is 13.5. The number of hydrogen-bond acceptors (Lipinski definition) is 2. The van der Waals surface area contributed by atoms with Crippen molar-refractivity contribution in [2.75, 3.05) is 0 Å². The monoisotopic (exact) mass is 364 g/mol. The van der Waals surface area contributed by atoms with E-state index in [9.17, 15) is 4.79 Å². The van der Waals surface area contributed by atoms with Gasteiger partial charge in [-0.25, -0.2) is 0 Å². The van der Waals surface area contributed by atoms with Crippen LogP contribution in [-0.4, -0.2) is 14.3 Å². The van der Waals surface area contributed by atoms with Gasteiger partial charge in [0.2, 0.25) is 0 Å². The molecule has 1 fully saturated rings. The van der Waals surface area contributed by atoms with E-state index in [-0.39, 0.29) is 11.4 Å². The second-order valence-corrected chi connectivity index (χ2v) is 12.7. The molecule has 3 unspecified atom stereocenters. The first kappa shape index (κ1) is 20.7. The van der Waals surface area contributed by atoms with Gasteiger partial charge in [-0.15, -0.1) is 0 Å². The Balaban J connectivity index is 2.17. The van der Waals surface area contributed by atoms with Gasteiger partial charge in [0.15, 0.2) is 0 Å². The molecule has 0 aromatic carbocycles. The summed E-state index contributed by atoms with van der Waals surface area (Å²) in [6.45, 7) is 8.97. The van der Waals surface area contributed by atoms with Crippen LogP contribution in [0.2, 0.25) is 18.1 Å². The molecule has 25 heavy (non-hydrogen) atoms. The minimum Gasteiger partial charge on any atom is -0.519 e. The second-order valence-electron chi connectivity index (χ2n) is 8.58. The Bertz CT molecular complexity index is 437. The smallest absolute Gasteiger partial charge is 0.299 e. The number of carbonyl (C=O) groups excluding carboxylic acids is 1. The van der Waals surface area contributed by atoms with E-state index in [0.29, 0.717) is 11.8 Å². The standard InChI is InChI=1S/C22H40O2Si/c1-5-9-14-25(15-10-6-2,16-11-7-3)24-21(23)22(8-4)18-19-12-13-20(22)17-19/h12-13,19-20H,5-11,14-18H2,1-4H3. The zero-order valence-corrected chi connectivity index (χ0v) is 18.1. The summed E-state index contributed by atoms with van der Waals surface area (Å²) in [5.41, 5.74) is -0.206. The van der Waals surface area contributed by atoms with Crippen molar-refractivity contribution in [3.63, 3.8) is 0 Å². The first-order chi connectivity index (χ1) is 12.1. The molecule has 2 nitrogen and oxygen atoms in total. The summed E-state index contributed by atoms with van der Waals surface area (Å²) in [4.78, 5) is 13.5. The lowest BCUT2D eigenvalue weighted by atomic mass is 9.74. The van der Waals surface area contributed by atoms with Crippen molar-refractivity contribution in [3.8, 4) is 0 Å². The zero-order chi connectivity index (χ0) is 18.3. The molecule has 2 aliphatic carbocycles. The van der Waals surface area contributed by atoms with Gasteiger partial charge in [-0.3, -0.25) is 4.79 Å². The highest BCUT2D eigenvalue weighted by molar-refractivity contribution is 6.75. The van der Waals surface area contributed by atoms with Crippen molar-refractivity contribution in [2.45, 2.75) is 104 Å². The number of unbranched alkanes of at least 4 members (excludes halogenated alkanes) is 3. The summed E-state index contributed by atoms with van der Waals surface area (Å²) in [7, 11) is -1.95. The molecular formula is C22H40O2Si. The lowest BCUT2D eigenvalue weighted by molar-refractivity contribution is -0.149. The van der Waals surface area contributed by atoms with Gasteiger partial charge in [-0.05, 0) is 49.2 Å². The van der Waals surface area contributed by atoms with E-state index in [1.165, 1.54) is 63.1 Å². The molecule has 0 N–H and O–H groups in total. The molecule has 2 bridgehead atoms. The Hall–Kier alpha value is -0.573. The quantitative estimate of drug-likeness (QED) is 0.279. The highest BCUT2D eigenvalue weighted by Gasteiger charge is 2.54. The molecule has 0 aliphatic heterocycles. The Morgan fingerprint density at radius 1 is 1.00 bits per heavy atom. The van der Waals surface area contributed by atoms with E-state index in [0.717, 1.165) is 12.8 Å². The average molecular weight is 365 g/mol. The molecule has 0 radical (unpaired) electrons. The van der Waals surface area contributed by atoms with Crippen LogP contribution in [0.25, 0.3) is 0 Å². The van der Waals surface area contributed by atoms with E-state index in [1.807, 2.05) is 0 Å². The van der Waals surface area contributed by atoms with Crippen LogP contribution in [0.5, 0.6) is 0 Å².